The van der Waals surface area contributed by atoms with Crippen molar-refractivity contribution in [2.75, 3.05) is 60.6 Å². The Labute approximate surface area is 303 Å². The quantitative estimate of drug-likeness (QED) is 0.176. The first-order chi connectivity index (χ1) is 21.6. The second kappa shape index (κ2) is 17.2. The molecule has 0 radical (unpaired) electrons. The van der Waals surface area contributed by atoms with Crippen molar-refractivity contribution in [3.63, 3.8) is 0 Å². The average Bonchev–Trinajstić information content (AvgIpc) is 3.10. The third-order valence-electron chi connectivity index (χ3n) is 7.07. The zero-order chi connectivity index (χ0) is 32.5. The van der Waals surface area contributed by atoms with E-state index in [9.17, 15) is 14.4 Å². The van der Waals surface area contributed by atoms with Crippen molar-refractivity contribution in [3.8, 4) is 0 Å². The predicted molar refractivity (Wildman–Crippen MR) is 191 cm³/mol. The van der Waals surface area contributed by atoms with Crippen molar-refractivity contribution in [2.24, 2.45) is 0 Å². The number of carbonyl (C=O) groups is 3. The molecule has 1 aliphatic heterocycles. The fourth-order valence-corrected chi connectivity index (χ4v) is 6.83. The van der Waals surface area contributed by atoms with Gasteiger partial charge in [0.1, 0.15) is 17.1 Å². The molecule has 0 atom stereocenters. The van der Waals surface area contributed by atoms with E-state index in [1.54, 1.807) is 18.2 Å². The predicted octanol–water partition coefficient (Wildman–Crippen LogP) is 3.87. The van der Waals surface area contributed by atoms with Gasteiger partial charge in [0, 0.05) is 69.6 Å². The standard InChI is InChI=1S/C30H33I3N6O6/c1-43-28(40)25-13-19(31)10-22(34-25)16-37-4-6-38(17-23-11-20(32)14-26(35-23)29(41)44-2)8-9-39(7-5-37)18-24-12-21(33)15-27(36-24)30(42)45-3/h10-15H,4-9,16-18H2,1-3H3. The van der Waals surface area contributed by atoms with Gasteiger partial charge in [-0.2, -0.15) is 0 Å². The lowest BCUT2D eigenvalue weighted by molar-refractivity contribution is 0.0584. The fraction of sp³-hybridized carbons (Fsp3) is 0.400. The molecule has 12 nitrogen and oxygen atoms in total. The largest absolute Gasteiger partial charge is 0.464 e. The fourth-order valence-electron chi connectivity index (χ4n) is 4.87. The minimum Gasteiger partial charge on any atom is -0.464 e. The number of aromatic nitrogens is 3. The van der Waals surface area contributed by atoms with Crippen LogP contribution in [0.15, 0.2) is 36.4 Å². The lowest BCUT2D eigenvalue weighted by atomic mass is 10.2. The molecule has 4 heterocycles. The summed E-state index contributed by atoms with van der Waals surface area (Å²) in [5, 5.41) is 0. The maximum atomic E-state index is 12.2. The topological polar surface area (TPSA) is 127 Å². The first-order valence-electron chi connectivity index (χ1n) is 14.0. The van der Waals surface area contributed by atoms with E-state index in [1.165, 1.54) is 21.3 Å². The van der Waals surface area contributed by atoms with Gasteiger partial charge in [0.2, 0.25) is 0 Å². The van der Waals surface area contributed by atoms with E-state index < -0.39 is 17.9 Å². The minimum absolute atomic E-state index is 0.282. The molecule has 0 N–H and O–H groups in total. The van der Waals surface area contributed by atoms with Crippen molar-refractivity contribution < 1.29 is 28.6 Å². The normalized spacial score (nSPS) is 15.1. The second-order valence-corrected chi connectivity index (χ2v) is 14.0. The molecular formula is C30H33I3N6O6. The summed E-state index contributed by atoms with van der Waals surface area (Å²) in [4.78, 5) is 57.3. The molecule has 0 unspecified atom stereocenters. The minimum atomic E-state index is -0.468. The van der Waals surface area contributed by atoms with E-state index in [0.29, 0.717) is 19.6 Å². The molecule has 1 fully saturated rings. The van der Waals surface area contributed by atoms with Gasteiger partial charge in [-0.15, -0.1) is 0 Å². The summed E-state index contributed by atoms with van der Waals surface area (Å²) in [6.07, 6.45) is 0. The van der Waals surface area contributed by atoms with Crippen LogP contribution in [0.3, 0.4) is 0 Å². The molecular weight excluding hydrogens is 921 g/mol. The van der Waals surface area contributed by atoms with Crippen LogP contribution in [-0.4, -0.2) is 108 Å². The van der Waals surface area contributed by atoms with E-state index in [1.807, 2.05) is 18.2 Å². The molecule has 4 rings (SSSR count). The zero-order valence-electron chi connectivity index (χ0n) is 25.1. The van der Waals surface area contributed by atoms with E-state index in [2.05, 4.69) is 97.4 Å². The van der Waals surface area contributed by atoms with Crippen LogP contribution >= 0.6 is 67.8 Å². The van der Waals surface area contributed by atoms with Gasteiger partial charge in [-0.25, -0.2) is 29.3 Å². The first kappa shape index (κ1) is 35.8. The van der Waals surface area contributed by atoms with Gasteiger partial charge >= 0.3 is 17.9 Å². The first-order valence-corrected chi connectivity index (χ1v) is 17.2. The molecule has 3 aromatic rings. The maximum Gasteiger partial charge on any atom is 0.356 e. The summed E-state index contributed by atoms with van der Waals surface area (Å²) in [6, 6.07) is 11.1. The summed E-state index contributed by atoms with van der Waals surface area (Å²) >= 11 is 6.56. The Kier molecular flexibility index (Phi) is 13.7. The van der Waals surface area contributed by atoms with Gasteiger partial charge in [-0.05, 0) is 104 Å². The van der Waals surface area contributed by atoms with Crippen LogP contribution in [0.4, 0.5) is 0 Å². The third kappa shape index (κ3) is 10.7. The highest BCUT2D eigenvalue weighted by molar-refractivity contribution is 14.1. The van der Waals surface area contributed by atoms with Gasteiger partial charge < -0.3 is 14.2 Å². The smallest absolute Gasteiger partial charge is 0.356 e. The highest BCUT2D eigenvalue weighted by Crippen LogP contribution is 2.17. The number of methoxy groups -OCH3 is 3. The number of halogens is 3. The number of rotatable bonds is 9. The molecule has 1 aliphatic rings. The molecule has 0 aromatic carbocycles. The van der Waals surface area contributed by atoms with Crippen molar-refractivity contribution >= 4 is 85.7 Å². The Hall–Kier alpha value is -2.07. The number of hydrogen-bond donors (Lipinski definition) is 0. The molecule has 3 aromatic heterocycles. The number of carbonyl (C=O) groups excluding carboxylic acids is 3. The van der Waals surface area contributed by atoms with Crippen LogP contribution in [0.2, 0.25) is 0 Å². The summed E-state index contributed by atoms with van der Waals surface area (Å²) in [6.45, 7) is 6.12. The van der Waals surface area contributed by atoms with Crippen molar-refractivity contribution in [2.45, 2.75) is 19.6 Å². The number of esters is 3. The SMILES string of the molecule is COC(=O)c1cc(I)cc(CN2CCN(Cc3cc(I)cc(C(=O)OC)n3)CCN(Cc3cc(I)cc(C(=O)OC)n3)CC2)n1. The second-order valence-electron chi connectivity index (χ2n) is 10.3. The lowest BCUT2D eigenvalue weighted by Crippen LogP contribution is -2.36. The van der Waals surface area contributed by atoms with Crippen LogP contribution < -0.4 is 0 Å². The molecule has 0 bridgehead atoms. The summed E-state index contributed by atoms with van der Waals surface area (Å²) in [5.41, 5.74) is 3.19. The number of nitrogens with zero attached hydrogens (tertiary/aromatic N) is 6. The average molecular weight is 954 g/mol. The maximum absolute atomic E-state index is 12.2. The number of pyridine rings is 3. The van der Waals surface area contributed by atoms with Crippen LogP contribution in [0.1, 0.15) is 48.5 Å². The van der Waals surface area contributed by atoms with E-state index >= 15 is 0 Å². The van der Waals surface area contributed by atoms with Crippen molar-refractivity contribution in [1.82, 2.24) is 29.7 Å². The molecule has 45 heavy (non-hydrogen) atoms. The van der Waals surface area contributed by atoms with Crippen molar-refractivity contribution in [3.05, 3.63) is 81.3 Å². The molecule has 0 spiro atoms. The summed E-state index contributed by atoms with van der Waals surface area (Å²) < 4.78 is 17.4. The summed E-state index contributed by atoms with van der Waals surface area (Å²) in [7, 11) is 4.05. The van der Waals surface area contributed by atoms with Crippen LogP contribution in [-0.2, 0) is 33.8 Å². The Morgan fingerprint density at radius 2 is 0.778 bits per heavy atom. The van der Waals surface area contributed by atoms with E-state index in [0.717, 1.165) is 67.1 Å². The molecule has 1 saturated heterocycles. The molecule has 0 saturated carbocycles. The van der Waals surface area contributed by atoms with Gasteiger partial charge in [-0.3, -0.25) is 14.7 Å². The molecule has 0 amide bonds. The van der Waals surface area contributed by atoms with Crippen LogP contribution in [0.25, 0.3) is 0 Å². The summed E-state index contributed by atoms with van der Waals surface area (Å²) in [5.74, 6) is -1.40. The Morgan fingerprint density at radius 1 is 0.533 bits per heavy atom. The van der Waals surface area contributed by atoms with E-state index in [-0.39, 0.29) is 17.1 Å². The van der Waals surface area contributed by atoms with Gasteiger partial charge in [-0.1, -0.05) is 0 Å². The van der Waals surface area contributed by atoms with Gasteiger partial charge in [0.15, 0.2) is 0 Å². The number of hydrogen-bond acceptors (Lipinski definition) is 12. The van der Waals surface area contributed by atoms with Crippen molar-refractivity contribution in [1.29, 1.82) is 0 Å². The van der Waals surface area contributed by atoms with Crippen LogP contribution in [0, 0.1) is 10.7 Å². The lowest BCUT2D eigenvalue weighted by Gasteiger charge is -2.25. The third-order valence-corrected chi connectivity index (χ3v) is 8.94. The van der Waals surface area contributed by atoms with E-state index in [4.69, 9.17) is 14.2 Å². The van der Waals surface area contributed by atoms with Gasteiger partial charge in [0.25, 0.3) is 0 Å². The highest BCUT2D eigenvalue weighted by Gasteiger charge is 2.21. The highest BCUT2D eigenvalue weighted by atomic mass is 127. The van der Waals surface area contributed by atoms with Crippen LogP contribution in [0.5, 0.6) is 0 Å². The zero-order valence-corrected chi connectivity index (χ0v) is 31.6. The van der Waals surface area contributed by atoms with Gasteiger partial charge in [0.05, 0.1) is 38.4 Å². The Bertz CT molecular complexity index is 1350. The molecule has 15 heteroatoms. The Balaban J connectivity index is 1.59. The number of ether oxygens (including phenoxy) is 3. The molecule has 240 valence electrons. The molecule has 0 aliphatic carbocycles. The Morgan fingerprint density at radius 3 is 1.00 bits per heavy atom. The monoisotopic (exact) mass is 954 g/mol.